The molecular weight excluding hydrogens is 469 g/mol. The van der Waals surface area contributed by atoms with E-state index >= 15 is 0 Å². The second kappa shape index (κ2) is 10.9. The molecule has 0 bridgehead atoms. The summed E-state index contributed by atoms with van der Waals surface area (Å²) in [6.07, 6.45) is 10.3. The SMILES string of the molecule is C[C@]1(OC(=O)C2(c3ccccc3)CCCCCC2)CC2CCN(CC(=O)Nc3ncccc3F)CCC21. The van der Waals surface area contributed by atoms with E-state index in [1.165, 1.54) is 31.2 Å². The Kier molecular flexibility index (Phi) is 7.61. The van der Waals surface area contributed by atoms with E-state index in [4.69, 9.17) is 4.74 Å². The van der Waals surface area contributed by atoms with Crippen molar-refractivity contribution in [2.45, 2.75) is 75.7 Å². The number of carbonyl (C=O) groups excluding carboxylic acids is 2. The number of likely N-dealkylation sites (tertiary alicyclic amines) is 1. The van der Waals surface area contributed by atoms with Crippen LogP contribution in [-0.2, 0) is 19.7 Å². The lowest BCUT2D eigenvalue weighted by Crippen LogP contribution is -2.56. The van der Waals surface area contributed by atoms with Crippen molar-refractivity contribution in [1.82, 2.24) is 9.88 Å². The molecule has 2 aromatic rings. The number of anilines is 1. The summed E-state index contributed by atoms with van der Waals surface area (Å²) in [7, 11) is 0. The highest BCUT2D eigenvalue weighted by molar-refractivity contribution is 5.91. The number of halogens is 1. The molecule has 2 aliphatic carbocycles. The molecule has 2 saturated carbocycles. The van der Waals surface area contributed by atoms with Crippen molar-refractivity contribution in [3.63, 3.8) is 0 Å². The number of nitrogens with one attached hydrogen (secondary N) is 1. The van der Waals surface area contributed by atoms with Gasteiger partial charge in [-0.05, 0) is 75.7 Å². The molecule has 0 radical (unpaired) electrons. The van der Waals surface area contributed by atoms with Crippen molar-refractivity contribution in [3.05, 3.63) is 60.0 Å². The molecule has 7 heteroatoms. The number of esters is 1. The summed E-state index contributed by atoms with van der Waals surface area (Å²) in [5.41, 5.74) is 0.0656. The van der Waals surface area contributed by atoms with E-state index in [9.17, 15) is 14.0 Å². The van der Waals surface area contributed by atoms with Crippen LogP contribution in [0.5, 0.6) is 0 Å². The van der Waals surface area contributed by atoms with Crippen LogP contribution in [0.1, 0.15) is 70.3 Å². The van der Waals surface area contributed by atoms with Gasteiger partial charge in [-0.1, -0.05) is 56.0 Å². The molecule has 1 N–H and O–H groups in total. The number of carbonyl (C=O) groups is 2. The molecule has 1 amide bonds. The zero-order valence-corrected chi connectivity index (χ0v) is 21.8. The molecule has 0 spiro atoms. The maximum atomic E-state index is 13.9. The molecule has 1 aromatic heterocycles. The third-order valence-electron chi connectivity index (χ3n) is 8.98. The van der Waals surface area contributed by atoms with Gasteiger partial charge >= 0.3 is 5.97 Å². The number of amides is 1. The van der Waals surface area contributed by atoms with E-state index in [2.05, 4.69) is 34.3 Å². The first-order valence-electron chi connectivity index (χ1n) is 13.8. The van der Waals surface area contributed by atoms with Gasteiger partial charge in [0.1, 0.15) is 5.60 Å². The van der Waals surface area contributed by atoms with Crippen LogP contribution in [0.15, 0.2) is 48.7 Å². The molecule has 6 nitrogen and oxygen atoms in total. The van der Waals surface area contributed by atoms with E-state index < -0.39 is 16.8 Å². The number of benzene rings is 1. The van der Waals surface area contributed by atoms with Crippen LogP contribution in [0.3, 0.4) is 0 Å². The predicted octanol–water partition coefficient (Wildman–Crippen LogP) is 5.49. The number of pyridine rings is 1. The summed E-state index contributed by atoms with van der Waals surface area (Å²) in [5, 5.41) is 2.58. The summed E-state index contributed by atoms with van der Waals surface area (Å²) in [6, 6.07) is 13.0. The smallest absolute Gasteiger partial charge is 0.317 e. The molecule has 198 valence electrons. The number of hydrogen-bond donors (Lipinski definition) is 1. The maximum absolute atomic E-state index is 13.9. The number of aromatic nitrogens is 1. The van der Waals surface area contributed by atoms with Crippen LogP contribution < -0.4 is 5.32 Å². The van der Waals surface area contributed by atoms with E-state index in [-0.39, 0.29) is 30.2 Å². The Morgan fingerprint density at radius 1 is 1.05 bits per heavy atom. The molecule has 2 unspecified atom stereocenters. The third-order valence-corrected chi connectivity index (χ3v) is 8.98. The highest BCUT2D eigenvalue weighted by Gasteiger charge is 2.55. The van der Waals surface area contributed by atoms with Crippen molar-refractivity contribution >= 4 is 17.7 Å². The summed E-state index contributed by atoms with van der Waals surface area (Å²) in [4.78, 5) is 32.5. The minimum atomic E-state index is -0.554. The molecule has 1 saturated heterocycles. The summed E-state index contributed by atoms with van der Waals surface area (Å²) < 4.78 is 20.3. The maximum Gasteiger partial charge on any atom is 0.317 e. The van der Waals surface area contributed by atoms with Crippen molar-refractivity contribution in [3.8, 4) is 0 Å². The summed E-state index contributed by atoms with van der Waals surface area (Å²) >= 11 is 0. The molecule has 1 aromatic carbocycles. The van der Waals surface area contributed by atoms with Crippen molar-refractivity contribution < 1.29 is 18.7 Å². The fraction of sp³-hybridized carbons (Fsp3) is 0.567. The molecule has 3 fully saturated rings. The van der Waals surface area contributed by atoms with Gasteiger partial charge in [-0.2, -0.15) is 0 Å². The largest absolute Gasteiger partial charge is 0.458 e. The van der Waals surface area contributed by atoms with Crippen LogP contribution in [0, 0.1) is 17.7 Å². The van der Waals surface area contributed by atoms with Crippen LogP contribution in [0.4, 0.5) is 10.2 Å². The van der Waals surface area contributed by atoms with Crippen molar-refractivity contribution in [1.29, 1.82) is 0 Å². The quantitative estimate of drug-likeness (QED) is 0.414. The minimum absolute atomic E-state index is 0.0345. The Hall–Kier alpha value is -2.80. The number of nitrogens with zero attached hydrogens (tertiary/aromatic N) is 2. The molecule has 2 heterocycles. The topological polar surface area (TPSA) is 71.5 Å². The van der Waals surface area contributed by atoms with Gasteiger partial charge < -0.3 is 10.1 Å². The highest BCUT2D eigenvalue weighted by Crippen LogP contribution is 2.52. The number of fused-ring (bicyclic) bond motifs is 1. The first-order chi connectivity index (χ1) is 17.9. The van der Waals surface area contributed by atoms with E-state index in [1.807, 2.05) is 18.2 Å². The average molecular weight is 508 g/mol. The normalized spacial score (nSPS) is 27.6. The third kappa shape index (κ3) is 5.42. The second-order valence-electron chi connectivity index (χ2n) is 11.4. The predicted molar refractivity (Wildman–Crippen MR) is 140 cm³/mol. The van der Waals surface area contributed by atoms with Crippen LogP contribution in [-0.4, -0.2) is 47.0 Å². The van der Waals surface area contributed by atoms with E-state index in [0.717, 1.165) is 63.6 Å². The average Bonchev–Trinajstić information content (AvgIpc) is 3.24. The molecule has 1 aliphatic heterocycles. The minimum Gasteiger partial charge on any atom is -0.458 e. The fourth-order valence-electron chi connectivity index (χ4n) is 6.92. The van der Waals surface area contributed by atoms with Crippen LogP contribution >= 0.6 is 0 Å². The van der Waals surface area contributed by atoms with Gasteiger partial charge in [0.2, 0.25) is 5.91 Å². The molecule has 3 aliphatic rings. The standard InChI is InChI=1S/C30H38FN3O3/c1-29(37-28(36)30(15-7-2-3-8-16-30)23-10-5-4-6-11-23)20-22-13-18-34(19-14-24(22)29)21-26(35)33-27-25(31)12-9-17-32-27/h4-6,9-12,17,22,24H,2-3,7-8,13-16,18-21H2,1H3,(H,32,33,35)/t22?,24?,29-/m0/s1. The van der Waals surface area contributed by atoms with E-state index in [0.29, 0.717) is 5.92 Å². The Balaban J connectivity index is 1.22. The van der Waals surface area contributed by atoms with E-state index in [1.54, 1.807) is 0 Å². The van der Waals surface area contributed by atoms with Crippen molar-refractivity contribution in [2.75, 3.05) is 25.0 Å². The Labute approximate surface area is 219 Å². The van der Waals surface area contributed by atoms with Gasteiger partial charge in [0.25, 0.3) is 0 Å². The summed E-state index contributed by atoms with van der Waals surface area (Å²) in [6.45, 7) is 3.85. The van der Waals surface area contributed by atoms with Crippen molar-refractivity contribution in [2.24, 2.45) is 11.8 Å². The van der Waals surface area contributed by atoms with Gasteiger partial charge in [-0.15, -0.1) is 0 Å². The molecular formula is C30H38FN3O3. The van der Waals surface area contributed by atoms with Gasteiger partial charge in [-0.3, -0.25) is 14.5 Å². The number of hydrogen-bond acceptors (Lipinski definition) is 5. The van der Waals surface area contributed by atoms with Crippen LogP contribution in [0.2, 0.25) is 0 Å². The second-order valence-corrected chi connectivity index (χ2v) is 11.4. The lowest BCUT2D eigenvalue weighted by Gasteiger charge is -2.53. The highest BCUT2D eigenvalue weighted by atomic mass is 19.1. The number of rotatable bonds is 6. The lowest BCUT2D eigenvalue weighted by molar-refractivity contribution is -0.198. The Morgan fingerprint density at radius 2 is 1.78 bits per heavy atom. The first-order valence-corrected chi connectivity index (χ1v) is 13.8. The zero-order valence-electron chi connectivity index (χ0n) is 21.8. The molecule has 37 heavy (non-hydrogen) atoms. The van der Waals surface area contributed by atoms with Gasteiger partial charge in [-0.25, -0.2) is 9.37 Å². The Morgan fingerprint density at radius 3 is 2.51 bits per heavy atom. The van der Waals surface area contributed by atoms with Gasteiger partial charge in [0, 0.05) is 12.1 Å². The molecule has 3 atom stereocenters. The monoisotopic (exact) mass is 507 g/mol. The zero-order chi connectivity index (χ0) is 25.9. The Bertz CT molecular complexity index is 1100. The first kappa shape index (κ1) is 25.8. The molecule has 5 rings (SSSR count). The lowest BCUT2D eigenvalue weighted by atomic mass is 9.59. The summed E-state index contributed by atoms with van der Waals surface area (Å²) in [5.74, 6) is -0.118. The number of ether oxygens (including phenoxy) is 1. The van der Waals surface area contributed by atoms with Gasteiger partial charge in [0.15, 0.2) is 11.6 Å². The van der Waals surface area contributed by atoms with Crippen LogP contribution in [0.25, 0.3) is 0 Å². The van der Waals surface area contributed by atoms with Gasteiger partial charge in [0.05, 0.1) is 12.0 Å². The fourth-order valence-corrected chi connectivity index (χ4v) is 6.92.